The zero-order valence-electron chi connectivity index (χ0n) is 7.83. The van der Waals surface area contributed by atoms with E-state index in [9.17, 15) is 4.79 Å². The highest BCUT2D eigenvalue weighted by atomic mass is 16.5. The lowest BCUT2D eigenvalue weighted by Crippen LogP contribution is -2.40. The first-order valence-corrected chi connectivity index (χ1v) is 4.71. The van der Waals surface area contributed by atoms with E-state index in [0.29, 0.717) is 6.54 Å². The number of hydrogen-bond donors (Lipinski definition) is 1. The van der Waals surface area contributed by atoms with E-state index in [-0.39, 0.29) is 28.9 Å². The quantitative estimate of drug-likeness (QED) is 0.549. The number of carbonyl (C=O) groups is 1. The largest absolute Gasteiger partial charge is 0.360 e. The molecular formula is C10H13NO2. The summed E-state index contributed by atoms with van der Waals surface area (Å²) in [5, 5.41) is 2.88. The van der Waals surface area contributed by atoms with E-state index in [1.807, 2.05) is 0 Å². The van der Waals surface area contributed by atoms with Gasteiger partial charge in [0.05, 0.1) is 18.6 Å². The first-order valence-electron chi connectivity index (χ1n) is 4.71. The summed E-state index contributed by atoms with van der Waals surface area (Å²) >= 11 is 0. The fourth-order valence-corrected chi connectivity index (χ4v) is 3.01. The minimum atomic E-state index is -0.314. The number of amides is 1. The van der Waals surface area contributed by atoms with E-state index in [4.69, 9.17) is 4.74 Å². The van der Waals surface area contributed by atoms with Crippen LogP contribution in [0.25, 0.3) is 0 Å². The second kappa shape index (κ2) is 1.82. The summed E-state index contributed by atoms with van der Waals surface area (Å²) in [5.41, 5.74) is -0.361. The second-order valence-electron chi connectivity index (χ2n) is 4.82. The number of hydrogen-bond acceptors (Lipinski definition) is 2. The predicted molar refractivity (Wildman–Crippen MR) is 47.0 cm³/mol. The van der Waals surface area contributed by atoms with Crippen LogP contribution >= 0.6 is 0 Å². The maximum atomic E-state index is 11.6. The van der Waals surface area contributed by atoms with Crippen LogP contribution in [-0.2, 0) is 9.53 Å². The van der Waals surface area contributed by atoms with Crippen molar-refractivity contribution in [2.45, 2.75) is 25.6 Å². The Labute approximate surface area is 77.1 Å². The SMILES string of the molecule is CC1(C)[C@@H]2C=C[C@@]3(CNC(=O)[C@@H]13)O2. The van der Waals surface area contributed by atoms with E-state index in [0.717, 1.165) is 0 Å². The van der Waals surface area contributed by atoms with Crippen LogP contribution in [0.2, 0.25) is 0 Å². The Balaban J connectivity index is 2.16. The molecule has 13 heavy (non-hydrogen) atoms. The first-order chi connectivity index (χ1) is 6.06. The Morgan fingerprint density at radius 1 is 1.62 bits per heavy atom. The zero-order valence-corrected chi connectivity index (χ0v) is 7.83. The number of rotatable bonds is 0. The molecule has 3 aliphatic heterocycles. The highest BCUT2D eigenvalue weighted by Gasteiger charge is 2.66. The molecule has 1 N–H and O–H groups in total. The summed E-state index contributed by atoms with van der Waals surface area (Å²) in [4.78, 5) is 11.6. The third-order valence-corrected chi connectivity index (χ3v) is 3.67. The van der Waals surface area contributed by atoms with Crippen LogP contribution in [0.1, 0.15) is 13.8 Å². The molecule has 0 aromatic rings. The van der Waals surface area contributed by atoms with Crippen molar-refractivity contribution in [1.82, 2.24) is 5.32 Å². The van der Waals surface area contributed by atoms with Gasteiger partial charge in [0.25, 0.3) is 0 Å². The van der Waals surface area contributed by atoms with Gasteiger partial charge in [-0.25, -0.2) is 0 Å². The molecule has 1 amide bonds. The van der Waals surface area contributed by atoms with Crippen molar-refractivity contribution in [2.24, 2.45) is 11.3 Å². The lowest BCUT2D eigenvalue weighted by atomic mass is 9.68. The van der Waals surface area contributed by atoms with Crippen molar-refractivity contribution >= 4 is 5.91 Å². The van der Waals surface area contributed by atoms with E-state index >= 15 is 0 Å². The van der Waals surface area contributed by atoms with E-state index < -0.39 is 0 Å². The Morgan fingerprint density at radius 2 is 2.38 bits per heavy atom. The number of fused-ring (bicyclic) bond motifs is 1. The van der Waals surface area contributed by atoms with Crippen LogP contribution in [-0.4, -0.2) is 24.2 Å². The highest BCUT2D eigenvalue weighted by molar-refractivity contribution is 5.85. The Kier molecular flexibility index (Phi) is 1.06. The third kappa shape index (κ3) is 0.645. The molecule has 3 atom stereocenters. The topological polar surface area (TPSA) is 38.3 Å². The minimum absolute atomic E-state index is 0.00926. The predicted octanol–water partition coefficient (Wildman–Crippen LogP) is 0.466. The van der Waals surface area contributed by atoms with Gasteiger partial charge in [0, 0.05) is 5.41 Å². The maximum Gasteiger partial charge on any atom is 0.227 e. The van der Waals surface area contributed by atoms with Gasteiger partial charge in [-0.3, -0.25) is 4.79 Å². The normalized spacial score (nSPS) is 49.5. The van der Waals surface area contributed by atoms with E-state index in [2.05, 4.69) is 31.3 Å². The first kappa shape index (κ1) is 7.56. The molecule has 0 aromatic heterocycles. The molecule has 1 spiro atoms. The Bertz CT molecular complexity index is 321. The molecule has 70 valence electrons. The summed E-state index contributed by atoms with van der Waals surface area (Å²) in [6.07, 6.45) is 4.28. The lowest BCUT2D eigenvalue weighted by Gasteiger charge is -2.30. The molecule has 2 saturated heterocycles. The van der Waals surface area contributed by atoms with Gasteiger partial charge in [0.15, 0.2) is 0 Å². The molecule has 3 rings (SSSR count). The molecular weight excluding hydrogens is 166 g/mol. The summed E-state index contributed by atoms with van der Waals surface area (Å²) in [6, 6.07) is 0. The summed E-state index contributed by atoms with van der Waals surface area (Å²) in [7, 11) is 0. The Morgan fingerprint density at radius 3 is 3.08 bits per heavy atom. The molecule has 3 heteroatoms. The molecule has 3 aliphatic rings. The van der Waals surface area contributed by atoms with Crippen LogP contribution in [0, 0.1) is 11.3 Å². The average Bonchev–Trinajstić information content (AvgIpc) is 2.63. The van der Waals surface area contributed by atoms with Crippen molar-refractivity contribution in [3.63, 3.8) is 0 Å². The summed E-state index contributed by atoms with van der Waals surface area (Å²) in [5.74, 6) is 0.159. The van der Waals surface area contributed by atoms with Gasteiger partial charge < -0.3 is 10.1 Å². The van der Waals surface area contributed by atoms with Crippen LogP contribution in [0.5, 0.6) is 0 Å². The molecule has 3 heterocycles. The fourth-order valence-electron chi connectivity index (χ4n) is 3.01. The van der Waals surface area contributed by atoms with Crippen LogP contribution < -0.4 is 5.32 Å². The minimum Gasteiger partial charge on any atom is -0.360 e. The van der Waals surface area contributed by atoms with Gasteiger partial charge in [-0.1, -0.05) is 26.0 Å². The van der Waals surface area contributed by atoms with Crippen molar-refractivity contribution in [2.75, 3.05) is 6.54 Å². The van der Waals surface area contributed by atoms with Gasteiger partial charge >= 0.3 is 0 Å². The van der Waals surface area contributed by atoms with E-state index in [1.165, 1.54) is 0 Å². The number of ether oxygens (including phenoxy) is 1. The van der Waals surface area contributed by atoms with Crippen molar-refractivity contribution in [3.8, 4) is 0 Å². The molecule has 2 bridgehead atoms. The highest BCUT2D eigenvalue weighted by Crippen LogP contribution is 2.55. The van der Waals surface area contributed by atoms with Crippen molar-refractivity contribution in [1.29, 1.82) is 0 Å². The molecule has 0 aromatic carbocycles. The fraction of sp³-hybridized carbons (Fsp3) is 0.700. The standard InChI is InChI=1S/C10H13NO2/c1-9(2)6-3-4-10(13-6)5-11-8(12)7(9)10/h3-4,6-7H,5H2,1-2H3,(H,11,12)/t6-,7-,10-/m0/s1. The molecule has 0 saturated carbocycles. The van der Waals surface area contributed by atoms with Crippen LogP contribution in [0.4, 0.5) is 0 Å². The van der Waals surface area contributed by atoms with Crippen molar-refractivity contribution < 1.29 is 9.53 Å². The molecule has 0 unspecified atom stereocenters. The average molecular weight is 179 g/mol. The maximum absolute atomic E-state index is 11.6. The monoisotopic (exact) mass is 179 g/mol. The van der Waals surface area contributed by atoms with Crippen molar-refractivity contribution in [3.05, 3.63) is 12.2 Å². The second-order valence-corrected chi connectivity index (χ2v) is 4.82. The lowest BCUT2D eigenvalue weighted by molar-refractivity contribution is -0.125. The number of carbonyl (C=O) groups excluding carboxylic acids is 1. The summed E-state index contributed by atoms with van der Waals surface area (Å²) < 4.78 is 5.88. The van der Waals surface area contributed by atoms with Gasteiger partial charge in [0.2, 0.25) is 5.91 Å². The number of nitrogens with one attached hydrogen (secondary N) is 1. The van der Waals surface area contributed by atoms with Gasteiger partial charge in [-0.05, 0) is 0 Å². The molecule has 2 fully saturated rings. The smallest absolute Gasteiger partial charge is 0.227 e. The zero-order chi connectivity index (χ0) is 9.27. The summed E-state index contributed by atoms with van der Waals surface area (Å²) in [6.45, 7) is 4.86. The van der Waals surface area contributed by atoms with Gasteiger partial charge in [-0.15, -0.1) is 0 Å². The molecule has 0 aliphatic carbocycles. The van der Waals surface area contributed by atoms with Gasteiger partial charge in [-0.2, -0.15) is 0 Å². The molecule has 3 nitrogen and oxygen atoms in total. The van der Waals surface area contributed by atoms with Gasteiger partial charge in [0.1, 0.15) is 5.60 Å². The van der Waals surface area contributed by atoms with E-state index in [1.54, 1.807) is 0 Å². The Hall–Kier alpha value is -0.830. The van der Waals surface area contributed by atoms with Crippen LogP contribution in [0.15, 0.2) is 12.2 Å². The van der Waals surface area contributed by atoms with Crippen LogP contribution in [0.3, 0.4) is 0 Å². The third-order valence-electron chi connectivity index (χ3n) is 3.67. The molecule has 0 radical (unpaired) electrons.